The number of allylic oxidation sites excluding steroid dienone is 1. The quantitative estimate of drug-likeness (QED) is 0.653. The number of imide groups is 1. The molecule has 0 saturated carbocycles. The van der Waals surface area contributed by atoms with Crippen LogP contribution >= 0.6 is 11.3 Å². The fourth-order valence-electron chi connectivity index (χ4n) is 3.29. The van der Waals surface area contributed by atoms with Gasteiger partial charge in [-0.3, -0.25) is 9.59 Å². The number of benzene rings is 1. The predicted molar refractivity (Wildman–Crippen MR) is 102 cm³/mol. The van der Waals surface area contributed by atoms with Crippen LogP contribution in [0.25, 0.3) is 0 Å². The molecule has 1 aromatic carbocycles. The van der Waals surface area contributed by atoms with E-state index in [0.717, 1.165) is 22.4 Å². The average Bonchev–Trinajstić information content (AvgIpc) is 3.26. The van der Waals surface area contributed by atoms with Crippen LogP contribution in [-0.2, 0) is 29.0 Å². The maximum Gasteiger partial charge on any atom is 0.329 e. The molecule has 1 fully saturated rings. The smallest absolute Gasteiger partial charge is 0.329 e. The van der Waals surface area contributed by atoms with Gasteiger partial charge in [-0.25, -0.2) is 9.69 Å². The Bertz CT molecular complexity index is 920. The number of nitrogens with one attached hydrogen (secondary N) is 1. The Morgan fingerprint density at radius 3 is 2.81 bits per heavy atom. The first-order valence-electron chi connectivity index (χ1n) is 8.82. The van der Waals surface area contributed by atoms with E-state index < -0.39 is 11.9 Å². The molecule has 4 amide bonds. The minimum Gasteiger partial charge on any atom is -0.336 e. The number of carbonyl (C=O) groups is 3. The minimum absolute atomic E-state index is 0.209. The van der Waals surface area contributed by atoms with Crippen molar-refractivity contribution in [3.63, 3.8) is 0 Å². The van der Waals surface area contributed by atoms with E-state index in [-0.39, 0.29) is 18.1 Å². The molecule has 0 unspecified atom stereocenters. The van der Waals surface area contributed by atoms with E-state index >= 15 is 0 Å². The first-order valence-corrected chi connectivity index (χ1v) is 9.70. The number of hydrogen-bond acceptors (Lipinski definition) is 4. The number of carbonyl (C=O) groups excluding carboxylic acids is 3. The van der Waals surface area contributed by atoms with Gasteiger partial charge in [0.25, 0.3) is 5.91 Å². The summed E-state index contributed by atoms with van der Waals surface area (Å²) < 4.78 is 0. The van der Waals surface area contributed by atoms with Crippen LogP contribution in [0.3, 0.4) is 0 Å². The van der Waals surface area contributed by atoms with Gasteiger partial charge in [-0.15, -0.1) is 11.3 Å². The highest BCUT2D eigenvalue weighted by Crippen LogP contribution is 2.24. The topological polar surface area (TPSA) is 69.7 Å². The van der Waals surface area contributed by atoms with E-state index in [9.17, 15) is 14.4 Å². The number of hydrogen-bond donors (Lipinski definition) is 1. The van der Waals surface area contributed by atoms with Crippen molar-refractivity contribution in [2.75, 3.05) is 13.1 Å². The van der Waals surface area contributed by atoms with Crippen molar-refractivity contribution in [3.8, 4) is 0 Å². The number of amides is 4. The SMILES string of the molecule is O=C(CN1C(=O)NC(=CCc2ccccc2)C1=O)N1CCc2sccc2C1. The normalized spacial score (nSPS) is 18.0. The predicted octanol–water partition coefficient (Wildman–Crippen LogP) is 2.31. The third-order valence-corrected chi connectivity index (χ3v) is 5.82. The molecule has 0 bridgehead atoms. The second-order valence-corrected chi connectivity index (χ2v) is 7.56. The monoisotopic (exact) mass is 381 g/mol. The highest BCUT2D eigenvalue weighted by Gasteiger charge is 2.36. The summed E-state index contributed by atoms with van der Waals surface area (Å²) >= 11 is 1.70. The summed E-state index contributed by atoms with van der Waals surface area (Å²) in [5.41, 5.74) is 2.43. The molecule has 0 spiro atoms. The Morgan fingerprint density at radius 1 is 1.19 bits per heavy atom. The van der Waals surface area contributed by atoms with Crippen LogP contribution in [0.5, 0.6) is 0 Å². The number of thiophene rings is 1. The Hall–Kier alpha value is -2.93. The molecule has 1 aromatic heterocycles. The summed E-state index contributed by atoms with van der Waals surface area (Å²) in [6.07, 6.45) is 3.05. The summed E-state index contributed by atoms with van der Waals surface area (Å²) in [5, 5.41) is 4.60. The lowest BCUT2D eigenvalue weighted by Gasteiger charge is -2.28. The molecule has 0 atom stereocenters. The molecule has 0 aliphatic carbocycles. The summed E-state index contributed by atoms with van der Waals surface area (Å²) in [7, 11) is 0. The van der Waals surface area contributed by atoms with Crippen LogP contribution in [0, 0.1) is 0 Å². The van der Waals surface area contributed by atoms with Gasteiger partial charge in [0.2, 0.25) is 5.91 Å². The van der Waals surface area contributed by atoms with E-state index in [0.29, 0.717) is 19.5 Å². The van der Waals surface area contributed by atoms with Crippen molar-refractivity contribution in [1.29, 1.82) is 0 Å². The van der Waals surface area contributed by atoms with Crippen molar-refractivity contribution < 1.29 is 14.4 Å². The minimum atomic E-state index is -0.541. The molecule has 27 heavy (non-hydrogen) atoms. The lowest BCUT2D eigenvalue weighted by Crippen LogP contribution is -2.44. The molecule has 3 heterocycles. The van der Waals surface area contributed by atoms with Crippen LogP contribution in [-0.4, -0.2) is 40.7 Å². The van der Waals surface area contributed by atoms with Crippen molar-refractivity contribution in [2.45, 2.75) is 19.4 Å². The summed E-state index contributed by atoms with van der Waals surface area (Å²) in [5.74, 6) is -0.655. The molecular weight excluding hydrogens is 362 g/mol. The van der Waals surface area contributed by atoms with Gasteiger partial charge in [0, 0.05) is 18.0 Å². The van der Waals surface area contributed by atoms with Gasteiger partial charge in [-0.05, 0) is 35.4 Å². The van der Waals surface area contributed by atoms with Gasteiger partial charge >= 0.3 is 6.03 Å². The molecule has 2 aliphatic rings. The molecule has 138 valence electrons. The lowest BCUT2D eigenvalue weighted by atomic mass is 10.1. The van der Waals surface area contributed by atoms with Crippen LogP contribution < -0.4 is 5.32 Å². The van der Waals surface area contributed by atoms with Gasteiger partial charge in [-0.2, -0.15) is 0 Å². The van der Waals surface area contributed by atoms with Crippen LogP contribution in [0.2, 0.25) is 0 Å². The van der Waals surface area contributed by atoms with E-state index in [2.05, 4.69) is 5.32 Å². The van der Waals surface area contributed by atoms with Crippen LogP contribution in [0.15, 0.2) is 53.6 Å². The zero-order chi connectivity index (χ0) is 18.8. The van der Waals surface area contributed by atoms with Gasteiger partial charge in [0.15, 0.2) is 0 Å². The number of nitrogens with zero attached hydrogens (tertiary/aromatic N) is 2. The highest BCUT2D eigenvalue weighted by atomic mass is 32.1. The third kappa shape index (κ3) is 3.64. The Balaban J connectivity index is 1.40. The molecule has 2 aliphatic heterocycles. The molecule has 1 N–H and O–H groups in total. The fraction of sp³-hybridized carbons (Fsp3) is 0.250. The van der Waals surface area contributed by atoms with E-state index in [4.69, 9.17) is 0 Å². The number of urea groups is 1. The van der Waals surface area contributed by atoms with E-state index in [1.165, 1.54) is 4.88 Å². The molecule has 7 heteroatoms. The number of fused-ring (bicyclic) bond motifs is 1. The molecule has 6 nitrogen and oxygen atoms in total. The number of rotatable bonds is 4. The third-order valence-electron chi connectivity index (χ3n) is 4.80. The first kappa shape index (κ1) is 17.5. The van der Waals surface area contributed by atoms with Crippen LogP contribution in [0.4, 0.5) is 4.79 Å². The lowest BCUT2D eigenvalue weighted by molar-refractivity contribution is -0.136. The highest BCUT2D eigenvalue weighted by molar-refractivity contribution is 7.10. The molecule has 2 aromatic rings. The second-order valence-electron chi connectivity index (χ2n) is 6.56. The zero-order valence-corrected chi connectivity index (χ0v) is 15.5. The standard InChI is InChI=1S/C20H19N3O3S/c24-18(22-10-8-17-15(12-22)9-11-27-17)13-23-19(25)16(21-20(23)26)7-6-14-4-2-1-3-5-14/h1-5,7,9,11H,6,8,10,12-13H2,(H,21,26). The molecule has 4 rings (SSSR count). The maximum absolute atomic E-state index is 12.6. The summed E-state index contributed by atoms with van der Waals surface area (Å²) in [6, 6.07) is 11.2. The van der Waals surface area contributed by atoms with Gasteiger partial charge < -0.3 is 10.2 Å². The van der Waals surface area contributed by atoms with Gasteiger partial charge in [-0.1, -0.05) is 36.4 Å². The Labute approximate surface area is 161 Å². The van der Waals surface area contributed by atoms with Gasteiger partial charge in [0.1, 0.15) is 12.2 Å². The van der Waals surface area contributed by atoms with E-state index in [1.54, 1.807) is 22.3 Å². The van der Waals surface area contributed by atoms with Crippen molar-refractivity contribution in [2.24, 2.45) is 0 Å². The summed E-state index contributed by atoms with van der Waals surface area (Å²) in [4.78, 5) is 41.3. The summed E-state index contributed by atoms with van der Waals surface area (Å²) in [6.45, 7) is 0.928. The van der Waals surface area contributed by atoms with Crippen molar-refractivity contribution >= 4 is 29.2 Å². The maximum atomic E-state index is 12.6. The van der Waals surface area contributed by atoms with Crippen LogP contribution in [0.1, 0.15) is 16.0 Å². The zero-order valence-electron chi connectivity index (χ0n) is 14.7. The van der Waals surface area contributed by atoms with Gasteiger partial charge in [0.05, 0.1) is 0 Å². The Kier molecular flexibility index (Phi) is 4.77. The fourth-order valence-corrected chi connectivity index (χ4v) is 4.18. The average molecular weight is 381 g/mol. The van der Waals surface area contributed by atoms with Crippen molar-refractivity contribution in [3.05, 3.63) is 69.6 Å². The van der Waals surface area contributed by atoms with E-state index in [1.807, 2.05) is 41.8 Å². The van der Waals surface area contributed by atoms with Crippen molar-refractivity contribution in [1.82, 2.24) is 15.1 Å². The largest absolute Gasteiger partial charge is 0.336 e. The molecule has 1 saturated heterocycles. The molecular formula is C20H19N3O3S. The first-order chi connectivity index (χ1) is 13.1. The molecule has 0 radical (unpaired) electrons. The Morgan fingerprint density at radius 2 is 2.00 bits per heavy atom. The second kappa shape index (κ2) is 7.36.